The Hall–Kier alpha value is -0.990. The molecule has 0 radical (unpaired) electrons. The summed E-state index contributed by atoms with van der Waals surface area (Å²) >= 11 is 0. The summed E-state index contributed by atoms with van der Waals surface area (Å²) in [4.78, 5) is 0. The molecule has 0 heterocycles. The molecular weight excluding hydrogens is 333 g/mol. The Morgan fingerprint density at radius 2 is 1.04 bits per heavy atom. The lowest BCUT2D eigenvalue weighted by atomic mass is 9.68. The van der Waals surface area contributed by atoms with Gasteiger partial charge in [0.15, 0.2) is 17.5 Å². The summed E-state index contributed by atoms with van der Waals surface area (Å²) in [6.07, 6.45) is 15.7. The summed E-state index contributed by atoms with van der Waals surface area (Å²) in [5.41, 5.74) is 0.642. The van der Waals surface area contributed by atoms with E-state index in [1.54, 1.807) is 0 Å². The standard InChI is InChI=1S/C23H31F3/c24-21-13-20(14-22(25)23(21)26)19-11-9-18(10-12-19)17-7-5-16(6-8-17)4-3-15-1-2-15/h13-19H,1-12H2. The van der Waals surface area contributed by atoms with Crippen molar-refractivity contribution >= 4 is 0 Å². The molecule has 1 aromatic rings. The van der Waals surface area contributed by atoms with Crippen LogP contribution in [0.4, 0.5) is 13.2 Å². The average molecular weight is 364 g/mol. The van der Waals surface area contributed by atoms with Crippen LogP contribution in [-0.4, -0.2) is 0 Å². The number of rotatable bonds is 5. The van der Waals surface area contributed by atoms with Crippen molar-refractivity contribution in [1.82, 2.24) is 0 Å². The highest BCUT2D eigenvalue weighted by Gasteiger charge is 2.32. The molecule has 3 heteroatoms. The van der Waals surface area contributed by atoms with E-state index in [9.17, 15) is 13.2 Å². The molecule has 0 unspecified atom stereocenters. The highest BCUT2D eigenvalue weighted by atomic mass is 19.2. The van der Waals surface area contributed by atoms with Crippen LogP contribution in [0.3, 0.4) is 0 Å². The van der Waals surface area contributed by atoms with Crippen molar-refractivity contribution in [2.24, 2.45) is 23.7 Å². The summed E-state index contributed by atoms with van der Waals surface area (Å²) in [7, 11) is 0. The third-order valence-corrected chi connectivity index (χ3v) is 7.49. The average Bonchev–Trinajstić information content (AvgIpc) is 3.49. The van der Waals surface area contributed by atoms with Crippen molar-refractivity contribution in [3.05, 3.63) is 35.1 Å². The van der Waals surface area contributed by atoms with Gasteiger partial charge in [0.2, 0.25) is 0 Å². The molecule has 0 aromatic heterocycles. The fourth-order valence-corrected chi connectivity index (χ4v) is 5.56. The first-order valence-electron chi connectivity index (χ1n) is 10.7. The number of halogens is 3. The van der Waals surface area contributed by atoms with Crippen molar-refractivity contribution < 1.29 is 13.2 Å². The molecule has 3 aliphatic carbocycles. The second-order valence-corrected chi connectivity index (χ2v) is 9.21. The summed E-state index contributed by atoms with van der Waals surface area (Å²) in [6, 6.07) is 2.41. The predicted octanol–water partition coefficient (Wildman–Crippen LogP) is 7.37. The maximum atomic E-state index is 13.5. The van der Waals surface area contributed by atoms with Crippen LogP contribution < -0.4 is 0 Å². The molecule has 1 aromatic carbocycles. The molecule has 0 bridgehead atoms. The van der Waals surface area contributed by atoms with E-state index in [0.717, 1.165) is 49.4 Å². The van der Waals surface area contributed by atoms with Gasteiger partial charge in [-0.3, -0.25) is 0 Å². The maximum absolute atomic E-state index is 13.5. The molecule has 0 spiro atoms. The lowest BCUT2D eigenvalue weighted by molar-refractivity contribution is 0.155. The monoisotopic (exact) mass is 364 g/mol. The molecule has 0 atom stereocenters. The van der Waals surface area contributed by atoms with Crippen molar-refractivity contribution in [3.63, 3.8) is 0 Å². The van der Waals surface area contributed by atoms with Gasteiger partial charge in [-0.05, 0) is 85.8 Å². The SMILES string of the molecule is Fc1cc(C2CCC(C3CCC(CCC4CC4)CC3)CC2)cc(F)c1F. The second-order valence-electron chi connectivity index (χ2n) is 9.21. The van der Waals surface area contributed by atoms with E-state index in [0.29, 0.717) is 5.56 Å². The van der Waals surface area contributed by atoms with Crippen molar-refractivity contribution in [2.75, 3.05) is 0 Å². The largest absolute Gasteiger partial charge is 0.204 e. The van der Waals surface area contributed by atoms with Gasteiger partial charge < -0.3 is 0 Å². The van der Waals surface area contributed by atoms with E-state index in [-0.39, 0.29) is 5.92 Å². The van der Waals surface area contributed by atoms with Crippen LogP contribution >= 0.6 is 0 Å². The van der Waals surface area contributed by atoms with Gasteiger partial charge in [0.1, 0.15) is 0 Å². The van der Waals surface area contributed by atoms with Gasteiger partial charge in [-0.2, -0.15) is 0 Å². The zero-order valence-electron chi connectivity index (χ0n) is 15.7. The summed E-state index contributed by atoms with van der Waals surface area (Å²) < 4.78 is 40.2. The van der Waals surface area contributed by atoms with E-state index in [2.05, 4.69) is 0 Å². The third kappa shape index (κ3) is 4.28. The van der Waals surface area contributed by atoms with Crippen LogP contribution in [-0.2, 0) is 0 Å². The Kier molecular flexibility index (Phi) is 5.61. The first-order valence-corrected chi connectivity index (χ1v) is 10.7. The molecule has 3 saturated carbocycles. The van der Waals surface area contributed by atoms with Crippen molar-refractivity contribution in [2.45, 2.75) is 83.0 Å². The molecule has 4 rings (SSSR count). The fourth-order valence-electron chi connectivity index (χ4n) is 5.56. The summed E-state index contributed by atoms with van der Waals surface area (Å²) in [5.74, 6) is 0.406. The van der Waals surface area contributed by atoms with Crippen molar-refractivity contribution in [3.8, 4) is 0 Å². The Morgan fingerprint density at radius 3 is 1.50 bits per heavy atom. The fraction of sp³-hybridized carbons (Fsp3) is 0.739. The lowest BCUT2D eigenvalue weighted by Gasteiger charge is -2.38. The molecule has 0 amide bonds. The van der Waals surface area contributed by atoms with Crippen LogP contribution in [0, 0.1) is 41.1 Å². The van der Waals surface area contributed by atoms with Crippen LogP contribution in [0.1, 0.15) is 88.5 Å². The molecule has 0 aliphatic heterocycles. The lowest BCUT2D eigenvalue weighted by Crippen LogP contribution is -2.25. The highest BCUT2D eigenvalue weighted by Crippen LogP contribution is 2.45. The first-order chi connectivity index (χ1) is 12.6. The minimum Gasteiger partial charge on any atom is -0.204 e. The number of benzene rings is 1. The van der Waals surface area contributed by atoms with E-state index in [1.165, 1.54) is 63.5 Å². The molecule has 3 fully saturated rings. The van der Waals surface area contributed by atoms with E-state index >= 15 is 0 Å². The Labute approximate surface area is 155 Å². The minimum absolute atomic E-state index is 0.186. The molecule has 144 valence electrons. The van der Waals surface area contributed by atoms with E-state index < -0.39 is 17.5 Å². The molecular formula is C23H31F3. The highest BCUT2D eigenvalue weighted by molar-refractivity contribution is 5.23. The van der Waals surface area contributed by atoms with Gasteiger partial charge >= 0.3 is 0 Å². The van der Waals surface area contributed by atoms with Gasteiger partial charge in [-0.15, -0.1) is 0 Å². The Bertz CT molecular complexity index is 583. The van der Waals surface area contributed by atoms with Crippen molar-refractivity contribution in [1.29, 1.82) is 0 Å². The van der Waals surface area contributed by atoms with Gasteiger partial charge in [0.05, 0.1) is 0 Å². The predicted molar refractivity (Wildman–Crippen MR) is 98.4 cm³/mol. The van der Waals surface area contributed by atoms with Gasteiger partial charge in [0.25, 0.3) is 0 Å². The maximum Gasteiger partial charge on any atom is 0.194 e. The van der Waals surface area contributed by atoms with Crippen LogP contribution in [0.15, 0.2) is 12.1 Å². The third-order valence-electron chi connectivity index (χ3n) is 7.49. The number of hydrogen-bond donors (Lipinski definition) is 0. The Balaban J connectivity index is 1.25. The van der Waals surface area contributed by atoms with Gasteiger partial charge in [0, 0.05) is 0 Å². The van der Waals surface area contributed by atoms with E-state index in [1.807, 2.05) is 0 Å². The van der Waals surface area contributed by atoms with Crippen LogP contribution in [0.25, 0.3) is 0 Å². The quantitative estimate of drug-likeness (QED) is 0.478. The summed E-state index contributed by atoms with van der Waals surface area (Å²) in [5, 5.41) is 0. The first kappa shape index (κ1) is 18.4. The van der Waals surface area contributed by atoms with Crippen LogP contribution in [0.5, 0.6) is 0 Å². The summed E-state index contributed by atoms with van der Waals surface area (Å²) in [6.45, 7) is 0. The minimum atomic E-state index is -1.35. The van der Waals surface area contributed by atoms with Crippen LogP contribution in [0.2, 0.25) is 0 Å². The molecule has 0 nitrogen and oxygen atoms in total. The smallest absolute Gasteiger partial charge is 0.194 e. The molecule has 0 N–H and O–H groups in total. The second kappa shape index (κ2) is 7.94. The van der Waals surface area contributed by atoms with E-state index in [4.69, 9.17) is 0 Å². The van der Waals surface area contributed by atoms with Gasteiger partial charge in [-0.25, -0.2) is 13.2 Å². The topological polar surface area (TPSA) is 0 Å². The zero-order valence-corrected chi connectivity index (χ0v) is 15.7. The normalized spacial score (nSPS) is 32.6. The Morgan fingerprint density at radius 1 is 0.615 bits per heavy atom. The molecule has 26 heavy (non-hydrogen) atoms. The zero-order chi connectivity index (χ0) is 18.1. The number of hydrogen-bond acceptors (Lipinski definition) is 0. The van der Waals surface area contributed by atoms with Gasteiger partial charge in [-0.1, -0.05) is 38.5 Å². The molecule has 0 saturated heterocycles. The molecule has 3 aliphatic rings.